The van der Waals surface area contributed by atoms with Gasteiger partial charge in [0, 0.05) is 11.3 Å². The van der Waals surface area contributed by atoms with Gasteiger partial charge in [0.05, 0.1) is 37.0 Å². The summed E-state index contributed by atoms with van der Waals surface area (Å²) in [5.74, 6) is 0.228. The van der Waals surface area contributed by atoms with Gasteiger partial charge < -0.3 is 14.2 Å². The van der Waals surface area contributed by atoms with Gasteiger partial charge in [-0.05, 0) is 18.6 Å². The van der Waals surface area contributed by atoms with Crippen LogP contribution in [0.25, 0.3) is 0 Å². The van der Waals surface area contributed by atoms with Gasteiger partial charge in [0.2, 0.25) is 5.78 Å². The topological polar surface area (TPSA) is 96.0 Å². The Balaban J connectivity index is 1.82. The molecule has 1 aromatic carbocycles. The van der Waals surface area contributed by atoms with E-state index in [-0.39, 0.29) is 28.3 Å². The Kier molecular flexibility index (Phi) is 6.71. The summed E-state index contributed by atoms with van der Waals surface area (Å²) >= 11 is 1.25. The van der Waals surface area contributed by atoms with E-state index in [0.717, 1.165) is 0 Å². The van der Waals surface area contributed by atoms with E-state index in [1.807, 2.05) is 0 Å². The van der Waals surface area contributed by atoms with Gasteiger partial charge in [-0.2, -0.15) is 0 Å². The van der Waals surface area contributed by atoms with Crippen LogP contribution in [0.3, 0.4) is 0 Å². The summed E-state index contributed by atoms with van der Waals surface area (Å²) in [5, 5.41) is -0.0880. The fourth-order valence-corrected chi connectivity index (χ4v) is 5.81. The quantitative estimate of drug-likeness (QED) is 0.486. The van der Waals surface area contributed by atoms with E-state index in [9.17, 15) is 18.0 Å². The number of carbonyl (C=O) groups is 2. The van der Waals surface area contributed by atoms with E-state index in [1.54, 1.807) is 18.2 Å². The Bertz CT molecular complexity index is 743. The van der Waals surface area contributed by atoms with Crippen molar-refractivity contribution < 1.29 is 32.2 Å². The zero-order valence-electron chi connectivity index (χ0n) is 14.0. The van der Waals surface area contributed by atoms with Crippen LogP contribution in [0, 0.1) is 0 Å². The number of thioether (sulfide) groups is 1. The van der Waals surface area contributed by atoms with Gasteiger partial charge >= 0.3 is 5.97 Å². The summed E-state index contributed by atoms with van der Waals surface area (Å²) < 4.78 is 37.9. The molecule has 1 saturated heterocycles. The van der Waals surface area contributed by atoms with Crippen LogP contribution in [-0.4, -0.2) is 63.5 Å². The number of ketones is 1. The number of esters is 1. The van der Waals surface area contributed by atoms with Gasteiger partial charge in [0.1, 0.15) is 11.5 Å². The monoisotopic (exact) mass is 388 g/mol. The molecule has 1 aliphatic heterocycles. The van der Waals surface area contributed by atoms with Gasteiger partial charge in [-0.1, -0.05) is 0 Å². The van der Waals surface area contributed by atoms with Crippen molar-refractivity contribution in [2.45, 2.75) is 11.7 Å². The van der Waals surface area contributed by atoms with Crippen LogP contribution in [0.2, 0.25) is 0 Å². The van der Waals surface area contributed by atoms with Crippen molar-refractivity contribution in [2.75, 3.05) is 38.1 Å². The molecule has 25 heavy (non-hydrogen) atoms. The van der Waals surface area contributed by atoms with Crippen molar-refractivity contribution in [3.63, 3.8) is 0 Å². The maximum absolute atomic E-state index is 12.2. The fraction of sp³-hybridized carbons (Fsp3) is 0.500. The summed E-state index contributed by atoms with van der Waals surface area (Å²) in [4.78, 5) is 23.9. The van der Waals surface area contributed by atoms with Crippen molar-refractivity contribution in [1.29, 1.82) is 0 Å². The first kappa shape index (κ1) is 19.6. The average Bonchev–Trinajstić information content (AvgIpc) is 2.96. The Morgan fingerprint density at radius 2 is 2.00 bits per heavy atom. The van der Waals surface area contributed by atoms with E-state index < -0.39 is 22.4 Å². The van der Waals surface area contributed by atoms with Crippen molar-refractivity contribution >= 4 is 33.4 Å². The molecular weight excluding hydrogens is 368 g/mol. The molecule has 0 unspecified atom stereocenters. The third-order valence-corrected chi connectivity index (χ3v) is 6.96. The minimum Gasteiger partial charge on any atom is -0.497 e. The average molecular weight is 388 g/mol. The first-order valence-electron chi connectivity index (χ1n) is 7.57. The predicted molar refractivity (Wildman–Crippen MR) is 94.4 cm³/mol. The molecule has 9 heteroatoms. The second kappa shape index (κ2) is 8.57. The molecule has 1 aromatic rings. The Labute approximate surface area is 150 Å². The summed E-state index contributed by atoms with van der Waals surface area (Å²) in [6, 6.07) is 4.74. The predicted octanol–water partition coefficient (Wildman–Crippen LogP) is 1.35. The van der Waals surface area contributed by atoms with E-state index in [4.69, 9.17) is 14.2 Å². The number of ether oxygens (including phenoxy) is 3. The molecule has 2 rings (SSSR count). The van der Waals surface area contributed by atoms with Crippen LogP contribution in [0.15, 0.2) is 18.2 Å². The highest BCUT2D eigenvalue weighted by Gasteiger charge is 2.28. The number of Topliss-reactive ketones (excluding diaryl/α,β-unsaturated/α-hetero) is 1. The maximum Gasteiger partial charge on any atom is 0.316 e. The highest BCUT2D eigenvalue weighted by molar-refractivity contribution is 8.02. The summed E-state index contributed by atoms with van der Waals surface area (Å²) in [6.07, 6.45) is 0.544. The normalized spacial score (nSPS) is 18.6. The highest BCUT2D eigenvalue weighted by Crippen LogP contribution is 2.26. The SMILES string of the molecule is COc1ccc(C(=O)COC(=O)CS[C@@H]2CCS(=O)(=O)C2)c(OC)c1. The van der Waals surface area contributed by atoms with Gasteiger partial charge in [-0.3, -0.25) is 9.59 Å². The van der Waals surface area contributed by atoms with Gasteiger partial charge in [-0.25, -0.2) is 8.42 Å². The van der Waals surface area contributed by atoms with Crippen LogP contribution in [0.5, 0.6) is 11.5 Å². The van der Waals surface area contributed by atoms with Crippen molar-refractivity contribution in [3.05, 3.63) is 23.8 Å². The summed E-state index contributed by atoms with van der Waals surface area (Å²) in [6.45, 7) is -0.398. The standard InChI is InChI=1S/C16H20O7S2/c1-21-11-3-4-13(15(7-11)22-2)14(17)8-23-16(18)9-24-12-5-6-25(19,20)10-12/h3-4,7,12H,5-6,8-10H2,1-2H3/t12-/m1/s1. The Morgan fingerprint density at radius 3 is 2.60 bits per heavy atom. The molecule has 0 N–H and O–H groups in total. The lowest BCUT2D eigenvalue weighted by molar-refractivity contribution is -0.139. The van der Waals surface area contributed by atoms with Crippen LogP contribution < -0.4 is 9.47 Å². The molecule has 0 aromatic heterocycles. The third-order valence-electron chi connectivity index (χ3n) is 3.70. The molecule has 0 spiro atoms. The summed E-state index contributed by atoms with van der Waals surface area (Å²) in [7, 11) is -0.0302. The van der Waals surface area contributed by atoms with Crippen LogP contribution in [-0.2, 0) is 19.4 Å². The lowest BCUT2D eigenvalue weighted by Crippen LogP contribution is -2.18. The number of hydrogen-bond acceptors (Lipinski definition) is 8. The first-order valence-corrected chi connectivity index (χ1v) is 10.4. The maximum atomic E-state index is 12.2. The number of hydrogen-bond donors (Lipinski definition) is 0. The molecule has 0 radical (unpaired) electrons. The van der Waals surface area contributed by atoms with Crippen LogP contribution in [0.4, 0.5) is 0 Å². The number of rotatable bonds is 8. The molecule has 0 amide bonds. The zero-order valence-corrected chi connectivity index (χ0v) is 15.7. The second-order valence-corrected chi connectivity index (χ2v) is 9.00. The first-order chi connectivity index (χ1) is 11.8. The van der Waals surface area contributed by atoms with Crippen LogP contribution in [0.1, 0.15) is 16.8 Å². The van der Waals surface area contributed by atoms with Crippen molar-refractivity contribution in [2.24, 2.45) is 0 Å². The zero-order chi connectivity index (χ0) is 18.4. The van der Waals surface area contributed by atoms with E-state index in [0.29, 0.717) is 23.5 Å². The van der Waals surface area contributed by atoms with Crippen LogP contribution >= 0.6 is 11.8 Å². The number of benzene rings is 1. The molecule has 0 saturated carbocycles. The van der Waals surface area contributed by atoms with Gasteiger partial charge in [0.15, 0.2) is 16.4 Å². The smallest absolute Gasteiger partial charge is 0.316 e. The number of methoxy groups -OCH3 is 2. The number of carbonyl (C=O) groups excluding carboxylic acids is 2. The number of sulfone groups is 1. The van der Waals surface area contributed by atoms with Gasteiger partial charge in [0.25, 0.3) is 0 Å². The molecule has 1 atom stereocenters. The molecule has 1 heterocycles. The minimum atomic E-state index is -2.97. The largest absolute Gasteiger partial charge is 0.497 e. The van der Waals surface area contributed by atoms with Crippen molar-refractivity contribution in [3.8, 4) is 11.5 Å². The van der Waals surface area contributed by atoms with Gasteiger partial charge in [-0.15, -0.1) is 11.8 Å². The molecule has 7 nitrogen and oxygen atoms in total. The van der Waals surface area contributed by atoms with E-state index >= 15 is 0 Å². The Morgan fingerprint density at radius 1 is 1.24 bits per heavy atom. The lowest BCUT2D eigenvalue weighted by atomic mass is 10.1. The molecule has 0 bridgehead atoms. The lowest BCUT2D eigenvalue weighted by Gasteiger charge is -2.10. The third kappa shape index (κ3) is 5.64. The fourth-order valence-electron chi connectivity index (χ4n) is 2.37. The molecular formula is C16H20O7S2. The second-order valence-electron chi connectivity index (χ2n) is 5.49. The highest BCUT2D eigenvalue weighted by atomic mass is 32.2. The molecule has 0 aliphatic carbocycles. The molecule has 1 fully saturated rings. The summed E-state index contributed by atoms with van der Waals surface area (Å²) in [5.41, 5.74) is 0.297. The molecule has 1 aliphatic rings. The Hall–Kier alpha value is -1.74. The van der Waals surface area contributed by atoms with Crippen molar-refractivity contribution in [1.82, 2.24) is 0 Å². The molecule has 138 valence electrons. The minimum absolute atomic E-state index is 0.0210. The van der Waals surface area contributed by atoms with E-state index in [1.165, 1.54) is 26.0 Å². The van der Waals surface area contributed by atoms with E-state index in [2.05, 4.69) is 0 Å².